The average Bonchev–Trinajstić information content (AvgIpc) is 3.10. The molecule has 3 aromatic rings. The van der Waals surface area contributed by atoms with Crippen molar-refractivity contribution in [3.8, 4) is 5.75 Å². The summed E-state index contributed by atoms with van der Waals surface area (Å²) >= 11 is 0. The molecule has 1 atom stereocenters. The van der Waals surface area contributed by atoms with Gasteiger partial charge in [-0.2, -0.15) is 0 Å². The number of amides is 1. The standard InChI is InChI=1S/C22H23NO5/c1-2-26-22(25)15-6-5-11-23(13-15)21(24)14-27-16-9-10-20-18(12-16)17-7-3-4-8-19(17)28-20/h3-4,7-10,12,15H,2,5-6,11,13-14H2,1H3/t15-/m1/s1. The van der Waals surface area contributed by atoms with E-state index in [4.69, 9.17) is 13.9 Å². The third-order valence-corrected chi connectivity index (χ3v) is 5.10. The first kappa shape index (κ1) is 18.3. The van der Waals surface area contributed by atoms with Crippen LogP contribution in [0, 0.1) is 5.92 Å². The van der Waals surface area contributed by atoms with Gasteiger partial charge in [-0.25, -0.2) is 0 Å². The van der Waals surface area contributed by atoms with E-state index in [1.807, 2.05) is 36.4 Å². The minimum Gasteiger partial charge on any atom is -0.484 e. The second kappa shape index (κ2) is 7.92. The summed E-state index contributed by atoms with van der Waals surface area (Å²) in [7, 11) is 0. The molecule has 0 spiro atoms. The number of nitrogens with zero attached hydrogens (tertiary/aromatic N) is 1. The summed E-state index contributed by atoms with van der Waals surface area (Å²) < 4.78 is 16.6. The molecule has 4 rings (SSSR count). The van der Waals surface area contributed by atoms with Crippen molar-refractivity contribution in [2.24, 2.45) is 5.92 Å². The molecule has 1 amide bonds. The molecule has 1 saturated heterocycles. The number of benzene rings is 2. The van der Waals surface area contributed by atoms with E-state index in [1.54, 1.807) is 17.9 Å². The highest BCUT2D eigenvalue weighted by atomic mass is 16.5. The highest BCUT2D eigenvalue weighted by Gasteiger charge is 2.29. The van der Waals surface area contributed by atoms with Crippen LogP contribution in [0.4, 0.5) is 0 Å². The van der Waals surface area contributed by atoms with E-state index in [1.165, 1.54) is 0 Å². The molecule has 1 aromatic heterocycles. The van der Waals surface area contributed by atoms with Crippen LogP contribution in [-0.2, 0) is 14.3 Å². The van der Waals surface area contributed by atoms with Gasteiger partial charge in [0, 0.05) is 23.9 Å². The molecule has 0 saturated carbocycles. The van der Waals surface area contributed by atoms with Gasteiger partial charge >= 0.3 is 5.97 Å². The fourth-order valence-electron chi connectivity index (χ4n) is 3.69. The second-order valence-electron chi connectivity index (χ2n) is 6.98. The number of ether oxygens (including phenoxy) is 2. The van der Waals surface area contributed by atoms with Gasteiger partial charge in [0.25, 0.3) is 5.91 Å². The molecular formula is C22H23NO5. The van der Waals surface area contributed by atoms with Gasteiger partial charge in [0.1, 0.15) is 16.9 Å². The molecule has 6 nitrogen and oxygen atoms in total. The summed E-state index contributed by atoms with van der Waals surface area (Å²) in [6.07, 6.45) is 1.55. The van der Waals surface area contributed by atoms with E-state index < -0.39 is 0 Å². The van der Waals surface area contributed by atoms with Crippen molar-refractivity contribution in [3.63, 3.8) is 0 Å². The molecule has 1 aliphatic heterocycles. The molecule has 146 valence electrons. The van der Waals surface area contributed by atoms with Crippen molar-refractivity contribution >= 4 is 33.8 Å². The van der Waals surface area contributed by atoms with Crippen LogP contribution in [0.15, 0.2) is 46.9 Å². The molecule has 1 aliphatic rings. The molecule has 0 aliphatic carbocycles. The molecule has 2 aromatic carbocycles. The Hall–Kier alpha value is -3.02. The van der Waals surface area contributed by atoms with E-state index >= 15 is 0 Å². The molecule has 28 heavy (non-hydrogen) atoms. The zero-order valence-electron chi connectivity index (χ0n) is 15.8. The van der Waals surface area contributed by atoms with Crippen LogP contribution in [0.2, 0.25) is 0 Å². The molecule has 0 radical (unpaired) electrons. The largest absolute Gasteiger partial charge is 0.484 e. The Morgan fingerprint density at radius 2 is 1.96 bits per heavy atom. The van der Waals surface area contributed by atoms with Gasteiger partial charge in [0.15, 0.2) is 6.61 Å². The number of esters is 1. The van der Waals surface area contributed by atoms with Crippen LogP contribution >= 0.6 is 0 Å². The summed E-state index contributed by atoms with van der Waals surface area (Å²) in [5.74, 6) is 0.0296. The number of carbonyl (C=O) groups excluding carboxylic acids is 2. The van der Waals surface area contributed by atoms with Crippen LogP contribution in [0.25, 0.3) is 21.9 Å². The molecular weight excluding hydrogens is 358 g/mol. The van der Waals surface area contributed by atoms with Gasteiger partial charge in [-0.3, -0.25) is 9.59 Å². The molecule has 0 unspecified atom stereocenters. The lowest BCUT2D eigenvalue weighted by molar-refractivity contribution is -0.151. The maximum atomic E-state index is 12.6. The Balaban J connectivity index is 1.41. The minimum atomic E-state index is -0.244. The van der Waals surface area contributed by atoms with Gasteiger partial charge < -0.3 is 18.8 Å². The Bertz CT molecular complexity index is 1010. The molecule has 6 heteroatoms. The van der Waals surface area contributed by atoms with Gasteiger partial charge in [-0.15, -0.1) is 0 Å². The quantitative estimate of drug-likeness (QED) is 0.630. The predicted molar refractivity (Wildman–Crippen MR) is 105 cm³/mol. The van der Waals surface area contributed by atoms with Crippen molar-refractivity contribution in [2.75, 3.05) is 26.3 Å². The van der Waals surface area contributed by atoms with E-state index in [0.29, 0.717) is 25.4 Å². The average molecular weight is 381 g/mol. The number of hydrogen-bond donors (Lipinski definition) is 0. The first-order valence-corrected chi connectivity index (χ1v) is 9.64. The Kier molecular flexibility index (Phi) is 5.19. The Morgan fingerprint density at radius 3 is 2.82 bits per heavy atom. The van der Waals surface area contributed by atoms with Gasteiger partial charge in [-0.1, -0.05) is 18.2 Å². The lowest BCUT2D eigenvalue weighted by Gasteiger charge is -2.31. The van der Waals surface area contributed by atoms with Gasteiger partial charge in [-0.05, 0) is 44.0 Å². The van der Waals surface area contributed by atoms with E-state index in [2.05, 4.69) is 0 Å². The monoisotopic (exact) mass is 381 g/mol. The van der Waals surface area contributed by atoms with E-state index in [0.717, 1.165) is 34.8 Å². The van der Waals surface area contributed by atoms with Crippen LogP contribution in [0.5, 0.6) is 5.75 Å². The van der Waals surface area contributed by atoms with Crippen LogP contribution in [-0.4, -0.2) is 43.1 Å². The molecule has 0 bridgehead atoms. The molecule has 1 fully saturated rings. The minimum absolute atomic E-state index is 0.0587. The zero-order valence-corrected chi connectivity index (χ0v) is 15.8. The van der Waals surface area contributed by atoms with E-state index in [-0.39, 0.29) is 24.4 Å². The van der Waals surface area contributed by atoms with Crippen molar-refractivity contribution in [1.29, 1.82) is 0 Å². The first-order chi connectivity index (χ1) is 13.7. The second-order valence-corrected chi connectivity index (χ2v) is 6.98. The summed E-state index contributed by atoms with van der Waals surface area (Å²) in [4.78, 5) is 26.2. The topological polar surface area (TPSA) is 69.0 Å². The van der Waals surface area contributed by atoms with Crippen LogP contribution in [0.3, 0.4) is 0 Å². The van der Waals surface area contributed by atoms with Crippen LogP contribution < -0.4 is 4.74 Å². The highest BCUT2D eigenvalue weighted by molar-refractivity contribution is 6.05. The maximum Gasteiger partial charge on any atom is 0.310 e. The fraction of sp³-hybridized carbons (Fsp3) is 0.364. The molecule has 0 N–H and O–H groups in total. The summed E-state index contributed by atoms with van der Waals surface area (Å²) in [5.41, 5.74) is 1.61. The number of carbonyl (C=O) groups is 2. The predicted octanol–water partition coefficient (Wildman–Crippen LogP) is 3.77. The van der Waals surface area contributed by atoms with Crippen molar-refractivity contribution in [3.05, 3.63) is 42.5 Å². The smallest absolute Gasteiger partial charge is 0.310 e. The SMILES string of the molecule is CCOC(=O)[C@@H]1CCCN(C(=O)COc2ccc3oc4ccccc4c3c2)C1. The number of piperidine rings is 1. The first-order valence-electron chi connectivity index (χ1n) is 9.64. The zero-order chi connectivity index (χ0) is 19.5. The maximum absolute atomic E-state index is 12.6. The van der Waals surface area contributed by atoms with Crippen molar-refractivity contribution in [1.82, 2.24) is 4.90 Å². The number of furan rings is 1. The van der Waals surface area contributed by atoms with Crippen LogP contribution in [0.1, 0.15) is 19.8 Å². The normalized spacial score (nSPS) is 17.0. The summed E-state index contributed by atoms with van der Waals surface area (Å²) in [6, 6.07) is 13.4. The van der Waals surface area contributed by atoms with Crippen molar-refractivity contribution < 1.29 is 23.5 Å². The third-order valence-electron chi connectivity index (χ3n) is 5.10. The highest BCUT2D eigenvalue weighted by Crippen LogP contribution is 2.31. The lowest BCUT2D eigenvalue weighted by Crippen LogP contribution is -2.44. The number of likely N-dealkylation sites (tertiary alicyclic amines) is 1. The fourth-order valence-corrected chi connectivity index (χ4v) is 3.69. The van der Waals surface area contributed by atoms with Crippen molar-refractivity contribution in [2.45, 2.75) is 19.8 Å². The number of para-hydroxylation sites is 1. The number of hydrogen-bond acceptors (Lipinski definition) is 5. The summed E-state index contributed by atoms with van der Waals surface area (Å²) in [5, 5.41) is 1.98. The van der Waals surface area contributed by atoms with Gasteiger partial charge in [0.05, 0.1) is 12.5 Å². The number of rotatable bonds is 5. The van der Waals surface area contributed by atoms with Gasteiger partial charge in [0.2, 0.25) is 0 Å². The van der Waals surface area contributed by atoms with E-state index in [9.17, 15) is 9.59 Å². The third kappa shape index (κ3) is 3.67. The molecule has 2 heterocycles. The lowest BCUT2D eigenvalue weighted by atomic mass is 9.98. The summed E-state index contributed by atoms with van der Waals surface area (Å²) in [6.45, 7) is 3.13. The Morgan fingerprint density at radius 1 is 1.14 bits per heavy atom. The Labute approximate surface area is 163 Å². The number of fused-ring (bicyclic) bond motifs is 3.